The summed E-state index contributed by atoms with van der Waals surface area (Å²) in [7, 11) is 0. The molecule has 0 spiro atoms. The quantitative estimate of drug-likeness (QED) is 0.759. The van der Waals surface area contributed by atoms with Gasteiger partial charge in [-0.1, -0.05) is 36.9 Å². The standard InChI is InChI=1S/C21H19F2NO3/c1-14(18-9-8-16(22)12-19(18)23)7-10-20(25)24-17(13-27-21(24)26)11-15-5-3-2-4-6-15/h2-6,8-9,12,17H,1,7,10-11,13H2. The van der Waals surface area contributed by atoms with Crippen molar-refractivity contribution in [3.05, 3.63) is 77.9 Å². The average Bonchev–Trinajstić information content (AvgIpc) is 3.00. The maximum atomic E-state index is 13.8. The Bertz CT molecular complexity index is 867. The van der Waals surface area contributed by atoms with Gasteiger partial charge in [0.2, 0.25) is 5.91 Å². The average molecular weight is 371 g/mol. The molecule has 2 aromatic rings. The van der Waals surface area contributed by atoms with Gasteiger partial charge in [-0.3, -0.25) is 4.79 Å². The zero-order valence-corrected chi connectivity index (χ0v) is 14.7. The first-order valence-corrected chi connectivity index (χ1v) is 8.61. The van der Waals surface area contributed by atoms with Crippen LogP contribution in [0.2, 0.25) is 0 Å². The lowest BCUT2D eigenvalue weighted by Gasteiger charge is -2.20. The first kappa shape index (κ1) is 18.8. The van der Waals surface area contributed by atoms with Crippen LogP contribution in [-0.4, -0.2) is 29.5 Å². The van der Waals surface area contributed by atoms with Crippen molar-refractivity contribution in [3.63, 3.8) is 0 Å². The van der Waals surface area contributed by atoms with Gasteiger partial charge in [0.1, 0.15) is 18.2 Å². The molecule has 1 aliphatic rings. The summed E-state index contributed by atoms with van der Waals surface area (Å²) >= 11 is 0. The molecule has 0 aromatic heterocycles. The van der Waals surface area contributed by atoms with E-state index in [2.05, 4.69) is 6.58 Å². The molecular weight excluding hydrogens is 352 g/mol. The van der Waals surface area contributed by atoms with E-state index >= 15 is 0 Å². The van der Waals surface area contributed by atoms with Gasteiger partial charge in [0, 0.05) is 18.1 Å². The number of carbonyl (C=O) groups excluding carboxylic acids is 2. The van der Waals surface area contributed by atoms with Crippen molar-refractivity contribution in [1.82, 2.24) is 4.90 Å². The van der Waals surface area contributed by atoms with Crippen LogP contribution in [0.25, 0.3) is 5.57 Å². The predicted molar refractivity (Wildman–Crippen MR) is 96.8 cm³/mol. The SMILES string of the molecule is C=C(CCC(=O)N1C(=O)OCC1Cc1ccccc1)c1ccc(F)cc1F. The minimum Gasteiger partial charge on any atom is -0.447 e. The van der Waals surface area contributed by atoms with Crippen LogP contribution in [0.15, 0.2) is 55.1 Å². The molecule has 1 saturated heterocycles. The third-order valence-electron chi connectivity index (χ3n) is 4.50. The van der Waals surface area contributed by atoms with E-state index in [9.17, 15) is 18.4 Å². The van der Waals surface area contributed by atoms with Crippen LogP contribution in [0.3, 0.4) is 0 Å². The molecule has 1 atom stereocenters. The number of imide groups is 1. The van der Waals surface area contributed by atoms with Gasteiger partial charge in [0.25, 0.3) is 0 Å². The zero-order valence-electron chi connectivity index (χ0n) is 14.7. The summed E-state index contributed by atoms with van der Waals surface area (Å²) in [5.74, 6) is -1.80. The fourth-order valence-corrected chi connectivity index (χ4v) is 3.09. The maximum absolute atomic E-state index is 13.8. The zero-order chi connectivity index (χ0) is 19.4. The van der Waals surface area contributed by atoms with Gasteiger partial charge in [-0.05, 0) is 36.1 Å². The molecule has 2 amide bonds. The van der Waals surface area contributed by atoms with Crippen molar-refractivity contribution < 1.29 is 23.1 Å². The normalized spacial score (nSPS) is 16.3. The molecule has 1 unspecified atom stereocenters. The van der Waals surface area contributed by atoms with Crippen LogP contribution >= 0.6 is 0 Å². The van der Waals surface area contributed by atoms with E-state index < -0.39 is 23.6 Å². The minimum atomic E-state index is -0.727. The Morgan fingerprint density at radius 2 is 1.89 bits per heavy atom. The van der Waals surface area contributed by atoms with Crippen molar-refractivity contribution in [2.24, 2.45) is 0 Å². The Morgan fingerprint density at radius 1 is 1.15 bits per heavy atom. The molecule has 0 radical (unpaired) electrons. The van der Waals surface area contributed by atoms with Gasteiger partial charge in [-0.15, -0.1) is 0 Å². The fourth-order valence-electron chi connectivity index (χ4n) is 3.09. The van der Waals surface area contributed by atoms with E-state index in [1.165, 1.54) is 6.07 Å². The second-order valence-corrected chi connectivity index (χ2v) is 6.41. The van der Waals surface area contributed by atoms with Gasteiger partial charge in [0.05, 0.1) is 6.04 Å². The van der Waals surface area contributed by atoms with Gasteiger partial charge in [0.15, 0.2) is 0 Å². The number of rotatable bonds is 6. The lowest BCUT2D eigenvalue weighted by molar-refractivity contribution is -0.129. The maximum Gasteiger partial charge on any atom is 0.416 e. The van der Waals surface area contributed by atoms with E-state index in [0.717, 1.165) is 22.6 Å². The Labute approximate surface area is 156 Å². The molecule has 0 aliphatic carbocycles. The van der Waals surface area contributed by atoms with Gasteiger partial charge in [-0.2, -0.15) is 0 Å². The minimum absolute atomic E-state index is 0.0178. The van der Waals surface area contributed by atoms with Crippen molar-refractivity contribution in [3.8, 4) is 0 Å². The van der Waals surface area contributed by atoms with Crippen molar-refractivity contribution in [1.29, 1.82) is 0 Å². The lowest BCUT2D eigenvalue weighted by atomic mass is 10.0. The highest BCUT2D eigenvalue weighted by atomic mass is 19.1. The molecule has 0 N–H and O–H groups in total. The van der Waals surface area contributed by atoms with Crippen LogP contribution in [0.1, 0.15) is 24.0 Å². The molecule has 2 aromatic carbocycles. The van der Waals surface area contributed by atoms with Crippen LogP contribution in [-0.2, 0) is 16.0 Å². The molecule has 3 rings (SSSR count). The molecule has 0 saturated carbocycles. The number of ether oxygens (including phenoxy) is 1. The van der Waals surface area contributed by atoms with Crippen molar-refractivity contribution >= 4 is 17.6 Å². The van der Waals surface area contributed by atoms with Crippen molar-refractivity contribution in [2.45, 2.75) is 25.3 Å². The monoisotopic (exact) mass is 371 g/mol. The van der Waals surface area contributed by atoms with E-state index in [1.54, 1.807) is 0 Å². The van der Waals surface area contributed by atoms with Crippen LogP contribution in [0.5, 0.6) is 0 Å². The summed E-state index contributed by atoms with van der Waals surface area (Å²) < 4.78 is 31.9. The first-order chi connectivity index (χ1) is 13.0. The fraction of sp³-hybridized carbons (Fsp3) is 0.238. The highest BCUT2D eigenvalue weighted by Crippen LogP contribution is 2.24. The number of halogens is 2. The third kappa shape index (κ3) is 4.39. The first-order valence-electron chi connectivity index (χ1n) is 8.61. The van der Waals surface area contributed by atoms with E-state index in [0.29, 0.717) is 12.0 Å². The Morgan fingerprint density at radius 3 is 2.59 bits per heavy atom. The highest BCUT2D eigenvalue weighted by Gasteiger charge is 2.37. The Hall–Kier alpha value is -3.02. The second-order valence-electron chi connectivity index (χ2n) is 6.41. The number of benzene rings is 2. The topological polar surface area (TPSA) is 46.6 Å². The molecule has 0 bridgehead atoms. The summed E-state index contributed by atoms with van der Waals surface area (Å²) in [6, 6.07) is 12.3. The summed E-state index contributed by atoms with van der Waals surface area (Å²) in [4.78, 5) is 25.7. The number of carbonyl (C=O) groups is 2. The number of hydrogen-bond acceptors (Lipinski definition) is 3. The summed E-state index contributed by atoms with van der Waals surface area (Å²) in [6.45, 7) is 3.92. The van der Waals surface area contributed by atoms with E-state index in [4.69, 9.17) is 4.74 Å². The predicted octanol–water partition coefficient (Wildman–Crippen LogP) is 4.35. The van der Waals surface area contributed by atoms with Gasteiger partial charge in [-0.25, -0.2) is 18.5 Å². The van der Waals surface area contributed by atoms with Crippen LogP contribution in [0.4, 0.5) is 13.6 Å². The summed E-state index contributed by atoms with van der Waals surface area (Å²) in [5, 5.41) is 0. The van der Waals surface area contributed by atoms with Crippen LogP contribution in [0, 0.1) is 11.6 Å². The number of allylic oxidation sites excluding steroid dienone is 1. The number of amides is 2. The second kappa shape index (κ2) is 8.12. The Balaban J connectivity index is 1.63. The molecular formula is C21H19F2NO3. The molecule has 1 heterocycles. The summed E-state index contributed by atoms with van der Waals surface area (Å²) in [6.07, 6.45) is -0.0232. The molecule has 6 heteroatoms. The third-order valence-corrected chi connectivity index (χ3v) is 4.50. The Kier molecular flexibility index (Phi) is 5.64. The highest BCUT2D eigenvalue weighted by molar-refractivity contribution is 5.94. The van der Waals surface area contributed by atoms with Gasteiger partial charge >= 0.3 is 6.09 Å². The van der Waals surface area contributed by atoms with E-state index in [1.807, 2.05) is 30.3 Å². The number of cyclic esters (lactones) is 1. The molecule has 140 valence electrons. The van der Waals surface area contributed by atoms with E-state index in [-0.39, 0.29) is 31.1 Å². The summed E-state index contributed by atoms with van der Waals surface area (Å²) in [5.41, 5.74) is 1.53. The van der Waals surface area contributed by atoms with Crippen LogP contribution < -0.4 is 0 Å². The largest absolute Gasteiger partial charge is 0.447 e. The molecule has 27 heavy (non-hydrogen) atoms. The van der Waals surface area contributed by atoms with Crippen molar-refractivity contribution in [2.75, 3.05) is 6.61 Å². The molecule has 1 fully saturated rings. The van der Waals surface area contributed by atoms with Gasteiger partial charge < -0.3 is 4.74 Å². The molecule has 1 aliphatic heterocycles. The molecule has 4 nitrogen and oxygen atoms in total. The number of nitrogens with zero attached hydrogens (tertiary/aromatic N) is 1. The smallest absolute Gasteiger partial charge is 0.416 e. The lowest BCUT2D eigenvalue weighted by Crippen LogP contribution is -2.40. The number of hydrogen-bond donors (Lipinski definition) is 0.